The summed E-state index contributed by atoms with van der Waals surface area (Å²) in [6.07, 6.45) is -7.54. The lowest BCUT2D eigenvalue weighted by atomic mass is 9.99. The van der Waals surface area contributed by atoms with Gasteiger partial charge in [-0.15, -0.1) is 0 Å². The van der Waals surface area contributed by atoms with Gasteiger partial charge in [-0.2, -0.15) is 4.98 Å². The van der Waals surface area contributed by atoms with Crippen molar-refractivity contribution < 1.29 is 29.9 Å². The second-order valence-electron chi connectivity index (χ2n) is 4.48. The van der Waals surface area contributed by atoms with Crippen molar-refractivity contribution in [2.75, 3.05) is 18.1 Å². The molecule has 0 saturated carbocycles. The van der Waals surface area contributed by atoms with Gasteiger partial charge in [-0.25, -0.2) is 0 Å². The van der Waals surface area contributed by atoms with Crippen molar-refractivity contribution in [3.63, 3.8) is 0 Å². The number of H-pyrrole nitrogens is 1. The summed E-state index contributed by atoms with van der Waals surface area (Å²) in [5.74, 6) is -1.03. The molecule has 1 saturated heterocycles. The van der Waals surface area contributed by atoms with E-state index in [1.54, 1.807) is 0 Å². The largest absolute Gasteiger partial charge is 0.452 e. The van der Waals surface area contributed by atoms with Crippen molar-refractivity contribution in [3.8, 4) is 5.75 Å². The van der Waals surface area contributed by atoms with Crippen LogP contribution in [0.3, 0.4) is 0 Å². The molecular weight excluding hydrogens is 288 g/mol. The quantitative estimate of drug-likeness (QED) is 0.290. The first-order valence-electron chi connectivity index (χ1n) is 5.97. The highest BCUT2D eigenvalue weighted by atomic mass is 16.7. The Morgan fingerprint density at radius 3 is 2.48 bits per heavy atom. The van der Waals surface area contributed by atoms with Crippen LogP contribution in [0.2, 0.25) is 0 Å². The number of nitrogens with one attached hydrogen (secondary N) is 1. The summed E-state index contributed by atoms with van der Waals surface area (Å²) in [6.45, 7) is -0.628. The number of nitrogen functional groups attached to an aromatic ring is 2. The summed E-state index contributed by atoms with van der Waals surface area (Å²) in [4.78, 5) is 17.4. The van der Waals surface area contributed by atoms with Gasteiger partial charge in [0.25, 0.3) is 5.56 Å². The Balaban J connectivity index is 2.25. The van der Waals surface area contributed by atoms with E-state index in [0.29, 0.717) is 0 Å². The Kier molecular flexibility index (Phi) is 4.29. The minimum Gasteiger partial charge on any atom is -0.452 e. The lowest BCUT2D eigenvalue weighted by Gasteiger charge is -2.39. The Bertz CT molecular complexity index is 563. The fourth-order valence-corrected chi connectivity index (χ4v) is 1.89. The molecule has 0 amide bonds. The predicted octanol–water partition coefficient (Wildman–Crippen LogP) is -3.89. The number of nitrogens with two attached hydrogens (primary N) is 2. The van der Waals surface area contributed by atoms with Gasteiger partial charge in [0, 0.05) is 0 Å². The van der Waals surface area contributed by atoms with Crippen molar-refractivity contribution in [2.45, 2.75) is 30.7 Å². The molecule has 11 heteroatoms. The van der Waals surface area contributed by atoms with Crippen molar-refractivity contribution in [2.24, 2.45) is 0 Å². The Labute approximate surface area is 117 Å². The Morgan fingerprint density at radius 1 is 1.24 bits per heavy atom. The summed E-state index contributed by atoms with van der Waals surface area (Å²) in [5, 5.41) is 38.0. The van der Waals surface area contributed by atoms with Crippen LogP contribution in [-0.4, -0.2) is 67.7 Å². The highest BCUT2D eigenvalue weighted by molar-refractivity contribution is 5.46. The lowest BCUT2D eigenvalue weighted by Crippen LogP contribution is -2.60. The number of aromatic nitrogens is 2. The van der Waals surface area contributed by atoms with E-state index >= 15 is 0 Å². The maximum absolute atomic E-state index is 11.7. The average Bonchev–Trinajstić information content (AvgIpc) is 2.42. The molecule has 1 aromatic rings. The molecule has 5 atom stereocenters. The number of anilines is 2. The highest BCUT2D eigenvalue weighted by Gasteiger charge is 2.45. The van der Waals surface area contributed by atoms with E-state index in [1.807, 2.05) is 0 Å². The zero-order valence-electron chi connectivity index (χ0n) is 10.7. The fourth-order valence-electron chi connectivity index (χ4n) is 1.89. The minimum atomic E-state index is -1.67. The number of aromatic amines is 1. The summed E-state index contributed by atoms with van der Waals surface area (Å²) in [5.41, 5.74) is 9.95. The van der Waals surface area contributed by atoms with Crippen LogP contribution in [0.25, 0.3) is 0 Å². The van der Waals surface area contributed by atoms with E-state index < -0.39 is 48.6 Å². The molecule has 9 N–H and O–H groups in total. The zero-order valence-corrected chi connectivity index (χ0v) is 10.7. The molecular formula is C10H16N4O7. The van der Waals surface area contributed by atoms with Crippen LogP contribution >= 0.6 is 0 Å². The van der Waals surface area contributed by atoms with Crippen LogP contribution in [-0.2, 0) is 4.74 Å². The van der Waals surface area contributed by atoms with Gasteiger partial charge in [0.1, 0.15) is 24.4 Å². The molecule has 2 rings (SSSR count). The van der Waals surface area contributed by atoms with E-state index in [9.17, 15) is 20.1 Å². The first kappa shape index (κ1) is 15.5. The standard InChI is InChI=1S/C10H16N4O7/c11-7-6(8(19)14-10(12)13-7)21-9-5(18)4(17)3(16)2(1-15)20-9/h2-5,9,15-18H,1H2,(H5,11,12,13,14,19)/t2-,3-,4+,5-,9?/m1/s1. The maximum atomic E-state index is 11.7. The summed E-state index contributed by atoms with van der Waals surface area (Å²) >= 11 is 0. The molecule has 2 heterocycles. The van der Waals surface area contributed by atoms with E-state index in [0.717, 1.165) is 0 Å². The molecule has 0 aliphatic carbocycles. The molecule has 1 aromatic heterocycles. The van der Waals surface area contributed by atoms with Crippen LogP contribution < -0.4 is 21.8 Å². The zero-order chi connectivity index (χ0) is 15.7. The number of aliphatic hydroxyl groups excluding tert-OH is 4. The lowest BCUT2D eigenvalue weighted by molar-refractivity contribution is -0.277. The molecule has 0 bridgehead atoms. The van der Waals surface area contributed by atoms with Crippen LogP contribution in [0.4, 0.5) is 11.8 Å². The Hall–Kier alpha value is -1.92. The van der Waals surface area contributed by atoms with Crippen LogP contribution in [0, 0.1) is 0 Å². The first-order chi connectivity index (χ1) is 9.85. The van der Waals surface area contributed by atoms with Gasteiger partial charge in [-0.1, -0.05) is 0 Å². The van der Waals surface area contributed by atoms with Crippen LogP contribution in [0.15, 0.2) is 4.79 Å². The summed E-state index contributed by atoms with van der Waals surface area (Å²) < 4.78 is 10.2. The molecule has 11 nitrogen and oxygen atoms in total. The van der Waals surface area contributed by atoms with Gasteiger partial charge in [0.05, 0.1) is 6.61 Å². The normalized spacial score (nSPS) is 32.9. The van der Waals surface area contributed by atoms with Gasteiger partial charge in [-0.3, -0.25) is 9.78 Å². The van der Waals surface area contributed by atoms with Gasteiger partial charge >= 0.3 is 0 Å². The number of nitrogens with zero attached hydrogens (tertiary/aromatic N) is 1. The molecule has 1 aliphatic rings. The topological polar surface area (TPSA) is 197 Å². The van der Waals surface area contributed by atoms with Crippen LogP contribution in [0.5, 0.6) is 5.75 Å². The van der Waals surface area contributed by atoms with Crippen molar-refractivity contribution in [3.05, 3.63) is 10.4 Å². The van der Waals surface area contributed by atoms with E-state index in [-0.39, 0.29) is 11.8 Å². The average molecular weight is 304 g/mol. The molecule has 0 radical (unpaired) electrons. The first-order valence-corrected chi connectivity index (χ1v) is 5.97. The smallest absolute Gasteiger partial charge is 0.297 e. The van der Waals surface area contributed by atoms with E-state index in [4.69, 9.17) is 26.0 Å². The van der Waals surface area contributed by atoms with Gasteiger partial charge in [-0.05, 0) is 0 Å². The third kappa shape index (κ3) is 2.91. The molecule has 1 aliphatic heterocycles. The molecule has 21 heavy (non-hydrogen) atoms. The van der Waals surface area contributed by atoms with Crippen molar-refractivity contribution in [1.82, 2.24) is 9.97 Å². The SMILES string of the molecule is Nc1nc(N)c(OC2O[C@H](CO)[C@@H](O)[C@H](O)[C@H]2O)c(=O)[nH]1. The number of hydrogen-bond donors (Lipinski definition) is 7. The van der Waals surface area contributed by atoms with E-state index in [2.05, 4.69) is 9.97 Å². The van der Waals surface area contributed by atoms with Crippen LogP contribution in [0.1, 0.15) is 0 Å². The van der Waals surface area contributed by atoms with Gasteiger partial charge in [0.2, 0.25) is 18.0 Å². The van der Waals surface area contributed by atoms with Crippen molar-refractivity contribution in [1.29, 1.82) is 0 Å². The summed E-state index contributed by atoms with van der Waals surface area (Å²) in [6, 6.07) is 0. The highest BCUT2D eigenvalue weighted by Crippen LogP contribution is 2.24. The third-order valence-corrected chi connectivity index (χ3v) is 3.00. The predicted molar refractivity (Wildman–Crippen MR) is 68.1 cm³/mol. The number of ether oxygens (including phenoxy) is 2. The van der Waals surface area contributed by atoms with E-state index in [1.165, 1.54) is 0 Å². The molecule has 1 fully saturated rings. The second kappa shape index (κ2) is 5.83. The molecule has 1 unspecified atom stereocenters. The number of hydrogen-bond acceptors (Lipinski definition) is 10. The monoisotopic (exact) mass is 304 g/mol. The minimum absolute atomic E-state index is 0.223. The number of rotatable bonds is 3. The molecule has 0 aromatic carbocycles. The fraction of sp³-hybridized carbons (Fsp3) is 0.600. The number of aliphatic hydroxyl groups is 4. The second-order valence-corrected chi connectivity index (χ2v) is 4.48. The third-order valence-electron chi connectivity index (χ3n) is 3.00. The maximum Gasteiger partial charge on any atom is 0.297 e. The van der Waals surface area contributed by atoms with Crippen molar-refractivity contribution >= 4 is 11.8 Å². The Morgan fingerprint density at radius 2 is 1.90 bits per heavy atom. The van der Waals surface area contributed by atoms with Gasteiger partial charge < -0.3 is 41.4 Å². The molecule has 0 spiro atoms. The molecule has 118 valence electrons. The van der Waals surface area contributed by atoms with Gasteiger partial charge in [0.15, 0.2) is 5.82 Å². The summed E-state index contributed by atoms with van der Waals surface area (Å²) in [7, 11) is 0.